The first-order valence-electron chi connectivity index (χ1n) is 5.02. The molecule has 0 saturated carbocycles. The molecule has 0 aromatic heterocycles. The average Bonchev–Trinajstić information content (AvgIpc) is 2.24. The van der Waals surface area contributed by atoms with Gasteiger partial charge in [0.1, 0.15) is 5.75 Å². The van der Waals surface area contributed by atoms with Crippen LogP contribution in [0, 0.1) is 0 Å². The SMILES string of the molecule is CCOC(=O)Cc1cc(OC(F)F)cc(Br)c1Br. The Bertz CT molecular complexity index is 439. The first-order chi connectivity index (χ1) is 8.43. The summed E-state index contributed by atoms with van der Waals surface area (Å²) >= 11 is 6.45. The summed E-state index contributed by atoms with van der Waals surface area (Å²) in [7, 11) is 0. The molecule has 0 atom stereocenters. The molecule has 0 radical (unpaired) electrons. The highest BCUT2D eigenvalue weighted by Gasteiger charge is 2.14. The summed E-state index contributed by atoms with van der Waals surface area (Å²) in [5, 5.41) is 0. The lowest BCUT2D eigenvalue weighted by molar-refractivity contribution is -0.142. The maximum absolute atomic E-state index is 12.1. The molecule has 0 unspecified atom stereocenters. The molecule has 0 heterocycles. The van der Waals surface area contributed by atoms with Crippen LogP contribution in [0.2, 0.25) is 0 Å². The van der Waals surface area contributed by atoms with E-state index in [0.717, 1.165) is 0 Å². The first kappa shape index (κ1) is 15.4. The normalized spacial score (nSPS) is 10.6. The molecule has 0 amide bonds. The second-order valence-electron chi connectivity index (χ2n) is 3.24. The van der Waals surface area contributed by atoms with E-state index in [4.69, 9.17) is 4.74 Å². The van der Waals surface area contributed by atoms with E-state index in [9.17, 15) is 13.6 Å². The van der Waals surface area contributed by atoms with E-state index in [2.05, 4.69) is 36.6 Å². The number of ether oxygens (including phenoxy) is 2. The largest absolute Gasteiger partial charge is 0.466 e. The van der Waals surface area contributed by atoms with Crippen molar-refractivity contribution in [3.05, 3.63) is 26.6 Å². The Hall–Kier alpha value is -0.690. The Morgan fingerprint density at radius 1 is 1.39 bits per heavy atom. The molecule has 7 heteroatoms. The zero-order chi connectivity index (χ0) is 13.7. The van der Waals surface area contributed by atoms with Gasteiger partial charge in [-0.3, -0.25) is 4.79 Å². The van der Waals surface area contributed by atoms with E-state index in [1.54, 1.807) is 6.92 Å². The predicted octanol–water partition coefficient (Wildman–Crippen LogP) is 3.92. The maximum atomic E-state index is 12.1. The van der Waals surface area contributed by atoms with Crippen LogP contribution >= 0.6 is 31.9 Å². The average molecular weight is 388 g/mol. The molecule has 100 valence electrons. The Kier molecular flexibility index (Phi) is 6.01. The molecule has 0 fully saturated rings. The van der Waals surface area contributed by atoms with Gasteiger partial charge in [0.05, 0.1) is 13.0 Å². The second-order valence-corrected chi connectivity index (χ2v) is 4.89. The molecule has 3 nitrogen and oxygen atoms in total. The summed E-state index contributed by atoms with van der Waals surface area (Å²) < 4.78 is 34.5. The third-order valence-electron chi connectivity index (χ3n) is 1.94. The van der Waals surface area contributed by atoms with Gasteiger partial charge in [-0.2, -0.15) is 8.78 Å². The minimum atomic E-state index is -2.91. The number of hydrogen-bond donors (Lipinski definition) is 0. The van der Waals surface area contributed by atoms with Crippen molar-refractivity contribution < 1.29 is 23.0 Å². The molecule has 0 spiro atoms. The van der Waals surface area contributed by atoms with Gasteiger partial charge in [0.2, 0.25) is 0 Å². The fourth-order valence-electron chi connectivity index (χ4n) is 1.29. The fourth-order valence-corrected chi connectivity index (χ4v) is 2.13. The molecule has 0 N–H and O–H groups in total. The van der Waals surface area contributed by atoms with Crippen LogP contribution < -0.4 is 4.74 Å². The standard InChI is InChI=1S/C11H10Br2F2O3/c1-2-17-9(16)4-6-3-7(18-11(14)15)5-8(12)10(6)13/h3,5,11H,2,4H2,1H3. The van der Waals surface area contributed by atoms with Crippen LogP contribution in [-0.4, -0.2) is 19.2 Å². The molecule has 0 aliphatic rings. The summed E-state index contributed by atoms with van der Waals surface area (Å²) in [6.45, 7) is -0.946. The van der Waals surface area contributed by atoms with E-state index >= 15 is 0 Å². The van der Waals surface area contributed by atoms with Crippen molar-refractivity contribution in [1.29, 1.82) is 0 Å². The number of carbonyl (C=O) groups excluding carboxylic acids is 1. The molecule has 18 heavy (non-hydrogen) atoms. The van der Waals surface area contributed by atoms with Crippen molar-refractivity contribution in [2.45, 2.75) is 20.0 Å². The Labute approximate surface area is 120 Å². The molecular formula is C11H10Br2F2O3. The number of rotatable bonds is 5. The maximum Gasteiger partial charge on any atom is 0.387 e. The molecule has 1 aromatic rings. The van der Waals surface area contributed by atoms with Crippen LogP contribution in [0.1, 0.15) is 12.5 Å². The quantitative estimate of drug-likeness (QED) is 0.718. The van der Waals surface area contributed by atoms with Crippen molar-refractivity contribution >= 4 is 37.8 Å². The van der Waals surface area contributed by atoms with Gasteiger partial charge in [-0.05, 0) is 56.5 Å². The highest BCUT2D eigenvalue weighted by molar-refractivity contribution is 9.13. The number of benzene rings is 1. The van der Waals surface area contributed by atoms with Crippen LogP contribution in [0.5, 0.6) is 5.75 Å². The molecule has 0 aliphatic carbocycles. The number of esters is 1. The van der Waals surface area contributed by atoms with E-state index in [-0.39, 0.29) is 18.8 Å². The van der Waals surface area contributed by atoms with Crippen molar-refractivity contribution in [2.75, 3.05) is 6.61 Å². The van der Waals surface area contributed by atoms with Crippen molar-refractivity contribution in [2.24, 2.45) is 0 Å². The van der Waals surface area contributed by atoms with E-state index in [1.807, 2.05) is 0 Å². The van der Waals surface area contributed by atoms with Crippen LogP contribution in [0.4, 0.5) is 8.78 Å². The van der Waals surface area contributed by atoms with Gasteiger partial charge in [-0.25, -0.2) is 0 Å². The molecular weight excluding hydrogens is 378 g/mol. The van der Waals surface area contributed by atoms with Gasteiger partial charge in [0, 0.05) is 8.95 Å². The third kappa shape index (κ3) is 4.53. The van der Waals surface area contributed by atoms with Crippen LogP contribution in [0.15, 0.2) is 21.1 Å². The zero-order valence-corrected chi connectivity index (χ0v) is 12.6. The topological polar surface area (TPSA) is 35.5 Å². The van der Waals surface area contributed by atoms with Gasteiger partial charge in [-0.1, -0.05) is 0 Å². The monoisotopic (exact) mass is 386 g/mol. The molecule has 0 aliphatic heterocycles. The number of alkyl halides is 2. The minimum absolute atomic E-state index is 0.0145. The summed E-state index contributed by atoms with van der Waals surface area (Å²) in [6.07, 6.45) is -0.0204. The summed E-state index contributed by atoms with van der Waals surface area (Å²) in [6, 6.07) is 2.77. The Morgan fingerprint density at radius 2 is 2.06 bits per heavy atom. The second kappa shape index (κ2) is 7.04. The van der Waals surface area contributed by atoms with Gasteiger partial charge < -0.3 is 9.47 Å². The van der Waals surface area contributed by atoms with E-state index in [0.29, 0.717) is 14.5 Å². The molecule has 0 bridgehead atoms. The zero-order valence-electron chi connectivity index (χ0n) is 9.38. The van der Waals surface area contributed by atoms with Crippen LogP contribution in [-0.2, 0) is 16.0 Å². The van der Waals surface area contributed by atoms with E-state index < -0.39 is 12.6 Å². The molecule has 1 aromatic carbocycles. The Morgan fingerprint density at radius 3 is 2.61 bits per heavy atom. The summed E-state index contributed by atoms with van der Waals surface area (Å²) in [4.78, 5) is 11.4. The lowest BCUT2D eigenvalue weighted by Crippen LogP contribution is -2.09. The van der Waals surface area contributed by atoms with Crippen molar-refractivity contribution in [3.63, 3.8) is 0 Å². The van der Waals surface area contributed by atoms with Gasteiger partial charge >= 0.3 is 12.6 Å². The summed E-state index contributed by atoms with van der Waals surface area (Å²) in [5.41, 5.74) is 0.512. The lowest BCUT2D eigenvalue weighted by Gasteiger charge is -2.10. The van der Waals surface area contributed by atoms with Crippen molar-refractivity contribution in [3.8, 4) is 5.75 Å². The van der Waals surface area contributed by atoms with Gasteiger partial charge in [0.15, 0.2) is 0 Å². The number of hydrogen-bond acceptors (Lipinski definition) is 3. The van der Waals surface area contributed by atoms with Gasteiger partial charge in [-0.15, -0.1) is 0 Å². The first-order valence-corrected chi connectivity index (χ1v) is 6.61. The smallest absolute Gasteiger partial charge is 0.387 e. The predicted molar refractivity (Wildman–Crippen MR) is 68.8 cm³/mol. The van der Waals surface area contributed by atoms with Crippen LogP contribution in [0.25, 0.3) is 0 Å². The molecule has 1 rings (SSSR count). The third-order valence-corrected chi connectivity index (χ3v) is 4.04. The number of carbonyl (C=O) groups is 1. The highest BCUT2D eigenvalue weighted by Crippen LogP contribution is 2.32. The Balaban J connectivity index is 2.95. The number of halogens is 4. The minimum Gasteiger partial charge on any atom is -0.466 e. The molecule has 0 saturated heterocycles. The highest BCUT2D eigenvalue weighted by atomic mass is 79.9. The fraction of sp³-hybridized carbons (Fsp3) is 0.364. The van der Waals surface area contributed by atoms with E-state index in [1.165, 1.54) is 12.1 Å². The lowest BCUT2D eigenvalue weighted by atomic mass is 10.1. The summed E-state index contributed by atoms with van der Waals surface area (Å²) in [5.74, 6) is -0.446. The van der Waals surface area contributed by atoms with Crippen molar-refractivity contribution in [1.82, 2.24) is 0 Å². The van der Waals surface area contributed by atoms with Gasteiger partial charge in [0.25, 0.3) is 0 Å². The van der Waals surface area contributed by atoms with Crippen LogP contribution in [0.3, 0.4) is 0 Å².